The minimum Gasteiger partial charge on any atom is -0.479 e. The van der Waals surface area contributed by atoms with Crippen molar-refractivity contribution in [1.82, 2.24) is 15.4 Å². The molecule has 1 saturated heterocycles. The fourth-order valence-electron chi connectivity index (χ4n) is 2.81. The first-order valence-electron chi connectivity index (χ1n) is 7.50. The van der Waals surface area contributed by atoms with Crippen LogP contribution in [0, 0.1) is 5.92 Å². The number of methoxy groups -OCH3 is 1. The van der Waals surface area contributed by atoms with E-state index < -0.39 is 0 Å². The predicted molar refractivity (Wildman–Crippen MR) is 75.9 cm³/mol. The van der Waals surface area contributed by atoms with Crippen LogP contribution < -0.4 is 10.1 Å². The molecule has 0 aromatic carbocycles. The van der Waals surface area contributed by atoms with Gasteiger partial charge in [-0.25, -0.2) is 0 Å². The molecule has 2 atom stereocenters. The highest BCUT2D eigenvalue weighted by Crippen LogP contribution is 2.29. The largest absolute Gasteiger partial charge is 0.479 e. The number of hydrogen-bond donors (Lipinski definition) is 1. The Morgan fingerprint density at radius 1 is 1.39 bits per heavy atom. The average molecular weight is 320 g/mol. The van der Waals surface area contributed by atoms with Gasteiger partial charge in [0.2, 0.25) is 5.76 Å². The van der Waals surface area contributed by atoms with Crippen LogP contribution in [0.4, 0.5) is 0 Å². The predicted octanol–water partition coefficient (Wildman–Crippen LogP) is -0.211. The van der Waals surface area contributed by atoms with Gasteiger partial charge in [0.25, 0.3) is 17.7 Å². The lowest BCUT2D eigenvalue weighted by molar-refractivity contribution is -0.115. The smallest absolute Gasteiger partial charge is 0.292 e. The zero-order valence-electron chi connectivity index (χ0n) is 12.5. The second-order valence-corrected chi connectivity index (χ2v) is 5.92. The van der Waals surface area contributed by atoms with E-state index in [1.54, 1.807) is 4.90 Å². The number of ether oxygens (including phenoxy) is 1. The lowest BCUT2D eigenvalue weighted by Gasteiger charge is -2.14. The molecule has 122 valence electrons. The quantitative estimate of drug-likeness (QED) is 0.822. The van der Waals surface area contributed by atoms with Gasteiger partial charge in [0, 0.05) is 12.6 Å². The summed E-state index contributed by atoms with van der Waals surface area (Å²) in [7, 11) is 1.45. The number of amides is 2. The van der Waals surface area contributed by atoms with Gasteiger partial charge in [0.15, 0.2) is 11.8 Å². The number of likely N-dealkylation sites (tertiary alicyclic amines) is 1. The third-order valence-corrected chi connectivity index (χ3v) is 4.24. The summed E-state index contributed by atoms with van der Waals surface area (Å²) in [6.45, 7) is 0.722. The van der Waals surface area contributed by atoms with Gasteiger partial charge in [0.05, 0.1) is 25.6 Å². The Balaban J connectivity index is 1.43. The first-order valence-corrected chi connectivity index (χ1v) is 7.50. The van der Waals surface area contributed by atoms with Gasteiger partial charge in [0.1, 0.15) is 0 Å². The molecule has 1 aromatic rings. The van der Waals surface area contributed by atoms with Crippen LogP contribution in [0.2, 0.25) is 0 Å². The Morgan fingerprint density at radius 3 is 2.91 bits per heavy atom. The van der Waals surface area contributed by atoms with Crippen LogP contribution in [-0.2, 0) is 9.63 Å². The van der Waals surface area contributed by atoms with E-state index in [4.69, 9.17) is 14.1 Å². The maximum absolute atomic E-state index is 12.4. The molecule has 1 aromatic heterocycles. The van der Waals surface area contributed by atoms with Crippen LogP contribution in [-0.4, -0.2) is 59.9 Å². The number of carbonyl (C=O) groups is 2. The third-order valence-electron chi connectivity index (χ3n) is 4.24. The summed E-state index contributed by atoms with van der Waals surface area (Å²) in [5.41, 5.74) is 0.368. The summed E-state index contributed by atoms with van der Waals surface area (Å²) in [6.07, 6.45) is 1.72. The van der Waals surface area contributed by atoms with E-state index in [2.05, 4.69) is 15.6 Å². The van der Waals surface area contributed by atoms with Crippen LogP contribution in [0.25, 0.3) is 0 Å². The number of rotatable bonds is 4. The van der Waals surface area contributed by atoms with Crippen molar-refractivity contribution in [3.63, 3.8) is 0 Å². The zero-order chi connectivity index (χ0) is 16.0. The Bertz CT molecular complexity index is 680. The summed E-state index contributed by atoms with van der Waals surface area (Å²) in [5, 5.41) is 10.4. The van der Waals surface area contributed by atoms with Gasteiger partial charge >= 0.3 is 0 Å². The molecule has 0 bridgehead atoms. The molecule has 2 amide bonds. The molecule has 23 heavy (non-hydrogen) atoms. The molecular formula is C14H16N4O5. The van der Waals surface area contributed by atoms with Crippen LogP contribution in [0.1, 0.15) is 23.4 Å². The summed E-state index contributed by atoms with van der Waals surface area (Å²) < 4.78 is 9.87. The molecule has 2 fully saturated rings. The van der Waals surface area contributed by atoms with E-state index in [0.29, 0.717) is 18.8 Å². The normalized spacial score (nSPS) is 25.6. The number of hydrogen-bond acceptors (Lipinski definition) is 7. The van der Waals surface area contributed by atoms with Gasteiger partial charge < -0.3 is 24.3 Å². The van der Waals surface area contributed by atoms with Crippen molar-refractivity contribution in [3.8, 4) is 5.88 Å². The van der Waals surface area contributed by atoms with E-state index in [-0.39, 0.29) is 41.5 Å². The molecule has 3 aliphatic rings. The highest BCUT2D eigenvalue weighted by Gasteiger charge is 2.47. The highest BCUT2D eigenvalue weighted by atomic mass is 16.6. The Kier molecular flexibility index (Phi) is 3.21. The van der Waals surface area contributed by atoms with E-state index in [1.807, 2.05) is 0 Å². The highest BCUT2D eigenvalue weighted by molar-refractivity contribution is 6.40. The third kappa shape index (κ3) is 2.51. The number of aromatic nitrogens is 1. The minimum atomic E-state index is -0.305. The molecule has 4 rings (SSSR count). The monoisotopic (exact) mass is 320 g/mol. The van der Waals surface area contributed by atoms with Gasteiger partial charge in [-0.3, -0.25) is 9.59 Å². The molecule has 1 aliphatic carbocycles. The number of nitrogens with one attached hydrogen (secondary N) is 1. The number of carbonyl (C=O) groups excluding carboxylic acids is 2. The summed E-state index contributed by atoms with van der Waals surface area (Å²) in [6, 6.07) is 1.69. The molecule has 0 radical (unpaired) electrons. The molecule has 1 saturated carbocycles. The van der Waals surface area contributed by atoms with Crippen molar-refractivity contribution in [2.45, 2.75) is 25.0 Å². The summed E-state index contributed by atoms with van der Waals surface area (Å²) in [4.78, 5) is 31.5. The van der Waals surface area contributed by atoms with Gasteiger partial charge in [-0.05, 0) is 18.0 Å². The zero-order valence-corrected chi connectivity index (χ0v) is 12.5. The van der Waals surface area contributed by atoms with E-state index in [0.717, 1.165) is 12.8 Å². The topological polar surface area (TPSA) is 106 Å². The van der Waals surface area contributed by atoms with E-state index in [9.17, 15) is 9.59 Å². The van der Waals surface area contributed by atoms with Crippen molar-refractivity contribution in [1.29, 1.82) is 0 Å². The van der Waals surface area contributed by atoms with Crippen molar-refractivity contribution in [3.05, 3.63) is 11.8 Å². The molecule has 1 N–H and O–H groups in total. The minimum absolute atomic E-state index is 0.0998. The second-order valence-electron chi connectivity index (χ2n) is 5.92. The summed E-state index contributed by atoms with van der Waals surface area (Å²) in [5.74, 6) is -0.364. The Morgan fingerprint density at radius 2 is 2.22 bits per heavy atom. The molecule has 0 unspecified atom stereocenters. The van der Waals surface area contributed by atoms with Crippen molar-refractivity contribution in [2.75, 3.05) is 20.2 Å². The molecule has 2 aliphatic heterocycles. The fourth-order valence-corrected chi connectivity index (χ4v) is 2.81. The SMILES string of the molecule is COc1cc(C(=O)N2C[C@@H]3C(C(=O)NC4CC4)=NO[C@@H]3C2)on1. The molecular weight excluding hydrogens is 304 g/mol. The number of fused-ring (bicyclic) bond motifs is 1. The van der Waals surface area contributed by atoms with E-state index in [1.165, 1.54) is 13.2 Å². The van der Waals surface area contributed by atoms with Gasteiger partial charge in [-0.1, -0.05) is 5.16 Å². The van der Waals surface area contributed by atoms with Crippen LogP contribution in [0.3, 0.4) is 0 Å². The van der Waals surface area contributed by atoms with Crippen molar-refractivity contribution < 1.29 is 23.7 Å². The summed E-state index contributed by atoms with van der Waals surface area (Å²) >= 11 is 0. The lowest BCUT2D eigenvalue weighted by atomic mass is 10.0. The van der Waals surface area contributed by atoms with Crippen LogP contribution >= 0.6 is 0 Å². The average Bonchev–Trinajstić information content (AvgIpc) is 2.97. The first kappa shape index (κ1) is 14.0. The maximum Gasteiger partial charge on any atom is 0.292 e. The van der Waals surface area contributed by atoms with E-state index >= 15 is 0 Å². The van der Waals surface area contributed by atoms with Crippen molar-refractivity contribution >= 4 is 17.5 Å². The van der Waals surface area contributed by atoms with Crippen LogP contribution in [0.15, 0.2) is 15.7 Å². The molecule has 9 nitrogen and oxygen atoms in total. The molecule has 9 heteroatoms. The number of oxime groups is 1. The molecule has 0 spiro atoms. The Hall–Kier alpha value is -2.58. The standard InChI is InChI=1S/C14H16N4O5/c1-21-11-4-9(22-16-11)14(20)18-5-8-10(6-18)23-17-12(8)13(19)15-7-2-3-7/h4,7-8,10H,2-3,5-6H2,1H3,(H,15,19)/t8-,10+/m0/s1. The lowest BCUT2D eigenvalue weighted by Crippen LogP contribution is -2.38. The maximum atomic E-state index is 12.4. The number of nitrogens with zero attached hydrogens (tertiary/aromatic N) is 3. The molecule has 3 heterocycles. The fraction of sp³-hybridized carbons (Fsp3) is 0.571. The van der Waals surface area contributed by atoms with Crippen LogP contribution in [0.5, 0.6) is 5.88 Å². The second kappa shape index (κ2) is 5.25. The Labute approximate surface area is 131 Å². The first-order chi connectivity index (χ1) is 11.2. The van der Waals surface area contributed by atoms with Crippen molar-refractivity contribution in [2.24, 2.45) is 11.1 Å². The van der Waals surface area contributed by atoms with Gasteiger partial charge in [-0.15, -0.1) is 0 Å². The van der Waals surface area contributed by atoms with Gasteiger partial charge in [-0.2, -0.15) is 0 Å².